The molecule has 0 bridgehead atoms. The standard InChI is InChI=1S/C12H24N2O2.ClH/c1-16-12(15)6-4-2-3-5-9-14-10-7-13-8-11-14;/h13H,2-11H2,1H3;1H. The molecule has 1 fully saturated rings. The summed E-state index contributed by atoms with van der Waals surface area (Å²) in [7, 11) is 1.45. The Balaban J connectivity index is 0.00000256. The second kappa shape index (κ2) is 10.8. The van der Waals surface area contributed by atoms with E-state index in [1.807, 2.05) is 0 Å². The molecule has 1 heterocycles. The number of carbonyl (C=O) groups is 1. The Morgan fingerprint density at radius 3 is 2.47 bits per heavy atom. The van der Waals surface area contributed by atoms with Crippen LogP contribution < -0.4 is 5.32 Å². The first-order valence-corrected chi connectivity index (χ1v) is 6.33. The number of nitrogens with one attached hydrogen (secondary N) is 1. The van der Waals surface area contributed by atoms with Crippen LogP contribution in [0.2, 0.25) is 0 Å². The highest BCUT2D eigenvalue weighted by Gasteiger charge is 2.08. The first kappa shape index (κ1) is 16.7. The van der Waals surface area contributed by atoms with Gasteiger partial charge in [0.15, 0.2) is 0 Å². The van der Waals surface area contributed by atoms with Crippen LogP contribution in [0.25, 0.3) is 0 Å². The number of hydrogen-bond donors (Lipinski definition) is 1. The third kappa shape index (κ3) is 8.41. The molecule has 0 unspecified atom stereocenters. The molecule has 0 aromatic heterocycles. The monoisotopic (exact) mass is 264 g/mol. The van der Waals surface area contributed by atoms with Crippen LogP contribution in [0.5, 0.6) is 0 Å². The van der Waals surface area contributed by atoms with Crippen molar-refractivity contribution in [1.29, 1.82) is 0 Å². The zero-order chi connectivity index (χ0) is 11.6. The van der Waals surface area contributed by atoms with E-state index in [0.717, 1.165) is 25.9 Å². The quantitative estimate of drug-likeness (QED) is 0.558. The number of hydrogen-bond acceptors (Lipinski definition) is 4. The van der Waals surface area contributed by atoms with Crippen LogP contribution in [0.1, 0.15) is 32.1 Å². The molecule has 17 heavy (non-hydrogen) atoms. The van der Waals surface area contributed by atoms with Gasteiger partial charge in [-0.15, -0.1) is 12.4 Å². The van der Waals surface area contributed by atoms with Gasteiger partial charge in [-0.25, -0.2) is 0 Å². The van der Waals surface area contributed by atoms with Crippen LogP contribution in [0.4, 0.5) is 0 Å². The van der Waals surface area contributed by atoms with Crippen LogP contribution in [0, 0.1) is 0 Å². The summed E-state index contributed by atoms with van der Waals surface area (Å²) in [6.45, 7) is 5.83. The first-order chi connectivity index (χ1) is 7.83. The molecule has 0 radical (unpaired) electrons. The third-order valence-corrected chi connectivity index (χ3v) is 3.04. The maximum atomic E-state index is 10.9. The van der Waals surface area contributed by atoms with Gasteiger partial charge in [-0.05, 0) is 19.4 Å². The van der Waals surface area contributed by atoms with E-state index < -0.39 is 0 Å². The summed E-state index contributed by atoms with van der Waals surface area (Å²) in [4.78, 5) is 13.4. The van der Waals surface area contributed by atoms with E-state index in [-0.39, 0.29) is 18.4 Å². The lowest BCUT2D eigenvalue weighted by atomic mass is 10.1. The second-order valence-electron chi connectivity index (χ2n) is 4.33. The van der Waals surface area contributed by atoms with E-state index in [1.165, 1.54) is 39.6 Å². The lowest BCUT2D eigenvalue weighted by Gasteiger charge is -2.26. The summed E-state index contributed by atoms with van der Waals surface area (Å²) in [5.41, 5.74) is 0. The number of piperazine rings is 1. The first-order valence-electron chi connectivity index (χ1n) is 6.33. The molecule has 0 amide bonds. The molecule has 0 atom stereocenters. The lowest BCUT2D eigenvalue weighted by molar-refractivity contribution is -0.140. The van der Waals surface area contributed by atoms with Crippen LogP contribution in [-0.2, 0) is 9.53 Å². The molecule has 0 spiro atoms. The Morgan fingerprint density at radius 2 is 1.82 bits per heavy atom. The van der Waals surface area contributed by atoms with Crippen molar-refractivity contribution >= 4 is 18.4 Å². The zero-order valence-corrected chi connectivity index (χ0v) is 11.6. The van der Waals surface area contributed by atoms with Gasteiger partial charge in [0, 0.05) is 32.6 Å². The molecular weight excluding hydrogens is 240 g/mol. The molecule has 0 aromatic rings. The maximum Gasteiger partial charge on any atom is 0.305 e. The van der Waals surface area contributed by atoms with Gasteiger partial charge in [-0.1, -0.05) is 12.8 Å². The fourth-order valence-electron chi connectivity index (χ4n) is 2.00. The number of halogens is 1. The SMILES string of the molecule is COC(=O)CCCCCCN1CCNCC1.Cl. The summed E-state index contributed by atoms with van der Waals surface area (Å²) >= 11 is 0. The van der Waals surface area contributed by atoms with Gasteiger partial charge in [0.2, 0.25) is 0 Å². The van der Waals surface area contributed by atoms with Crippen molar-refractivity contribution in [2.75, 3.05) is 39.8 Å². The Hall–Kier alpha value is -0.320. The van der Waals surface area contributed by atoms with Gasteiger partial charge in [0.05, 0.1) is 7.11 Å². The molecule has 0 saturated carbocycles. The number of rotatable bonds is 7. The molecular formula is C12H25ClN2O2. The average molecular weight is 265 g/mol. The fourth-order valence-corrected chi connectivity index (χ4v) is 2.00. The van der Waals surface area contributed by atoms with Crippen molar-refractivity contribution in [2.45, 2.75) is 32.1 Å². The van der Waals surface area contributed by atoms with Crippen molar-refractivity contribution < 1.29 is 9.53 Å². The minimum absolute atomic E-state index is 0. The molecule has 1 aliphatic rings. The van der Waals surface area contributed by atoms with Crippen LogP contribution in [0.3, 0.4) is 0 Å². The molecule has 1 N–H and O–H groups in total. The fraction of sp³-hybridized carbons (Fsp3) is 0.917. The van der Waals surface area contributed by atoms with E-state index in [1.54, 1.807) is 0 Å². The van der Waals surface area contributed by atoms with Gasteiger partial charge < -0.3 is 15.0 Å². The normalized spacial score (nSPS) is 16.3. The summed E-state index contributed by atoms with van der Waals surface area (Å²) in [5.74, 6) is -0.0814. The van der Waals surface area contributed by atoms with Crippen LogP contribution in [0.15, 0.2) is 0 Å². The van der Waals surface area contributed by atoms with Gasteiger partial charge in [0.25, 0.3) is 0 Å². The lowest BCUT2D eigenvalue weighted by Crippen LogP contribution is -2.43. The predicted octanol–water partition coefficient (Wildman–Crippen LogP) is 1.44. The van der Waals surface area contributed by atoms with Crippen LogP contribution in [-0.4, -0.2) is 50.7 Å². The topological polar surface area (TPSA) is 41.6 Å². The molecule has 5 heteroatoms. The van der Waals surface area contributed by atoms with Crippen molar-refractivity contribution in [3.63, 3.8) is 0 Å². The summed E-state index contributed by atoms with van der Waals surface area (Å²) in [6, 6.07) is 0. The largest absolute Gasteiger partial charge is 0.469 e. The van der Waals surface area contributed by atoms with Gasteiger partial charge in [-0.3, -0.25) is 4.79 Å². The van der Waals surface area contributed by atoms with Gasteiger partial charge in [-0.2, -0.15) is 0 Å². The van der Waals surface area contributed by atoms with Crippen molar-refractivity contribution in [3.05, 3.63) is 0 Å². The molecule has 4 nitrogen and oxygen atoms in total. The highest BCUT2D eigenvalue weighted by molar-refractivity contribution is 5.85. The minimum atomic E-state index is -0.0814. The van der Waals surface area contributed by atoms with Gasteiger partial charge in [0.1, 0.15) is 0 Å². The Kier molecular flexibility index (Phi) is 10.6. The number of nitrogens with zero attached hydrogens (tertiary/aromatic N) is 1. The molecule has 1 rings (SSSR count). The Labute approximate surface area is 110 Å². The van der Waals surface area contributed by atoms with Crippen LogP contribution >= 0.6 is 12.4 Å². The van der Waals surface area contributed by atoms with Crippen molar-refractivity contribution in [2.24, 2.45) is 0 Å². The van der Waals surface area contributed by atoms with E-state index >= 15 is 0 Å². The summed E-state index contributed by atoms with van der Waals surface area (Å²) in [5, 5.41) is 3.35. The average Bonchev–Trinajstić information content (AvgIpc) is 2.34. The van der Waals surface area contributed by atoms with E-state index in [2.05, 4.69) is 15.0 Å². The minimum Gasteiger partial charge on any atom is -0.469 e. The number of methoxy groups -OCH3 is 1. The number of ether oxygens (including phenoxy) is 1. The Morgan fingerprint density at radius 1 is 1.18 bits per heavy atom. The van der Waals surface area contributed by atoms with E-state index in [0.29, 0.717) is 6.42 Å². The Bertz CT molecular complexity index is 197. The smallest absolute Gasteiger partial charge is 0.305 e. The highest BCUT2D eigenvalue weighted by atomic mass is 35.5. The zero-order valence-electron chi connectivity index (χ0n) is 10.7. The molecule has 0 aromatic carbocycles. The van der Waals surface area contributed by atoms with Crippen molar-refractivity contribution in [3.8, 4) is 0 Å². The second-order valence-corrected chi connectivity index (χ2v) is 4.33. The van der Waals surface area contributed by atoms with Gasteiger partial charge >= 0.3 is 5.97 Å². The molecule has 1 aliphatic heterocycles. The molecule has 102 valence electrons. The summed E-state index contributed by atoms with van der Waals surface area (Å²) < 4.78 is 4.60. The maximum absolute atomic E-state index is 10.9. The number of unbranched alkanes of at least 4 members (excludes halogenated alkanes) is 3. The number of carbonyl (C=O) groups excluding carboxylic acids is 1. The highest BCUT2D eigenvalue weighted by Crippen LogP contribution is 2.05. The molecule has 0 aliphatic carbocycles. The number of esters is 1. The van der Waals surface area contributed by atoms with Crippen molar-refractivity contribution in [1.82, 2.24) is 10.2 Å². The summed E-state index contributed by atoms with van der Waals surface area (Å²) in [6.07, 6.45) is 5.15. The predicted molar refractivity (Wildman–Crippen MR) is 71.7 cm³/mol. The third-order valence-electron chi connectivity index (χ3n) is 3.04. The van der Waals surface area contributed by atoms with E-state index in [9.17, 15) is 4.79 Å². The van der Waals surface area contributed by atoms with E-state index in [4.69, 9.17) is 0 Å². The molecule has 1 saturated heterocycles.